The van der Waals surface area contributed by atoms with Gasteiger partial charge in [-0.2, -0.15) is 0 Å². The Kier molecular flexibility index (Phi) is 10.2. The third kappa shape index (κ3) is 7.12. The maximum absolute atomic E-state index is 14.6. The smallest absolute Gasteiger partial charge is 0.198 e. The number of rotatable bonds is 11. The molecule has 6 aromatic carbocycles. The summed E-state index contributed by atoms with van der Waals surface area (Å²) in [5.41, 5.74) is 4.86. The summed E-state index contributed by atoms with van der Waals surface area (Å²) in [4.78, 5) is 28.9. The summed E-state index contributed by atoms with van der Waals surface area (Å²) in [6.07, 6.45) is -1.25. The molecule has 0 unspecified atom stereocenters. The van der Waals surface area contributed by atoms with Crippen LogP contribution in [0.3, 0.4) is 0 Å². The van der Waals surface area contributed by atoms with E-state index in [-0.39, 0.29) is 58.7 Å². The van der Waals surface area contributed by atoms with Crippen LogP contribution in [0.15, 0.2) is 121 Å². The average Bonchev–Trinajstić information content (AvgIpc) is 3.21. The van der Waals surface area contributed by atoms with Gasteiger partial charge in [0.2, 0.25) is 0 Å². The number of benzene rings is 6. The van der Waals surface area contributed by atoms with Gasteiger partial charge in [0.1, 0.15) is 30.0 Å². The molecular formula is C47H42O8. The van der Waals surface area contributed by atoms with Crippen LogP contribution in [0.4, 0.5) is 0 Å². The first-order chi connectivity index (χ1) is 26.8. The zero-order chi connectivity index (χ0) is 38.1. The molecule has 278 valence electrons. The van der Waals surface area contributed by atoms with Crippen LogP contribution in [-0.4, -0.2) is 42.1 Å². The summed E-state index contributed by atoms with van der Waals surface area (Å²) in [5, 5.41) is 12.6. The highest BCUT2D eigenvalue weighted by Gasteiger charge is 2.42. The van der Waals surface area contributed by atoms with Crippen molar-refractivity contribution in [1.82, 2.24) is 0 Å². The number of ether oxygens (including phenoxy) is 5. The van der Waals surface area contributed by atoms with E-state index in [0.29, 0.717) is 41.7 Å². The van der Waals surface area contributed by atoms with E-state index in [1.165, 1.54) is 7.11 Å². The van der Waals surface area contributed by atoms with Crippen LogP contribution in [0.25, 0.3) is 10.8 Å². The van der Waals surface area contributed by atoms with Crippen LogP contribution in [0.2, 0.25) is 0 Å². The lowest BCUT2D eigenvalue weighted by molar-refractivity contribution is -0.204. The summed E-state index contributed by atoms with van der Waals surface area (Å²) in [7, 11) is 1.49. The Bertz CT molecular complexity index is 2360. The third-order valence-corrected chi connectivity index (χ3v) is 10.5. The first-order valence-electron chi connectivity index (χ1n) is 18.5. The van der Waals surface area contributed by atoms with Crippen LogP contribution >= 0.6 is 0 Å². The van der Waals surface area contributed by atoms with E-state index in [2.05, 4.69) is 0 Å². The number of carbonyl (C=O) groups excluding carboxylic acids is 2. The van der Waals surface area contributed by atoms with Gasteiger partial charge in [0.05, 0.1) is 49.8 Å². The Balaban J connectivity index is 1.14. The highest BCUT2D eigenvalue weighted by molar-refractivity contribution is 6.32. The molecule has 2 aliphatic rings. The maximum atomic E-state index is 14.6. The largest absolute Gasteiger partial charge is 0.506 e. The average molecular weight is 735 g/mol. The minimum absolute atomic E-state index is 0.0327. The molecule has 1 heterocycles. The van der Waals surface area contributed by atoms with Crippen LogP contribution in [-0.2, 0) is 34.0 Å². The number of hydrogen-bond acceptors (Lipinski definition) is 8. The molecule has 1 aliphatic carbocycles. The Morgan fingerprint density at radius 2 is 1.29 bits per heavy atom. The Hall–Kier alpha value is -5.80. The highest BCUT2D eigenvalue weighted by Crippen LogP contribution is 2.47. The van der Waals surface area contributed by atoms with Crippen molar-refractivity contribution in [3.63, 3.8) is 0 Å². The predicted molar refractivity (Wildman–Crippen MR) is 209 cm³/mol. The quantitative estimate of drug-likeness (QED) is 0.140. The predicted octanol–water partition coefficient (Wildman–Crippen LogP) is 9.24. The minimum atomic E-state index is -0.539. The second-order valence-corrected chi connectivity index (χ2v) is 14.2. The van der Waals surface area contributed by atoms with Crippen molar-refractivity contribution in [2.45, 2.75) is 64.5 Å². The zero-order valence-corrected chi connectivity index (χ0v) is 31.0. The normalized spacial score (nSPS) is 19.2. The van der Waals surface area contributed by atoms with Crippen LogP contribution in [0.5, 0.6) is 17.2 Å². The Labute approximate surface area is 320 Å². The van der Waals surface area contributed by atoms with Crippen molar-refractivity contribution < 1.29 is 38.4 Å². The Morgan fingerprint density at radius 1 is 0.691 bits per heavy atom. The molecule has 1 N–H and O–H groups in total. The molecule has 6 aromatic rings. The fourth-order valence-electron chi connectivity index (χ4n) is 7.80. The lowest BCUT2D eigenvalue weighted by Gasteiger charge is -2.41. The number of hydrogen-bond donors (Lipinski definition) is 1. The molecule has 1 fully saturated rings. The fraction of sp³-hybridized carbons (Fsp3) is 0.234. The van der Waals surface area contributed by atoms with Crippen molar-refractivity contribution in [3.8, 4) is 17.2 Å². The number of ketones is 2. The van der Waals surface area contributed by atoms with Gasteiger partial charge in [-0.05, 0) is 60.4 Å². The van der Waals surface area contributed by atoms with E-state index in [1.54, 1.807) is 24.3 Å². The van der Waals surface area contributed by atoms with Gasteiger partial charge in [-0.25, -0.2) is 0 Å². The van der Waals surface area contributed by atoms with E-state index in [4.69, 9.17) is 23.7 Å². The molecule has 0 amide bonds. The lowest BCUT2D eigenvalue weighted by Crippen LogP contribution is -2.47. The molecule has 1 saturated heterocycles. The number of aromatic hydroxyl groups is 1. The molecule has 0 aromatic heterocycles. The molecule has 8 rings (SSSR count). The van der Waals surface area contributed by atoms with Gasteiger partial charge < -0.3 is 28.8 Å². The maximum Gasteiger partial charge on any atom is 0.198 e. The monoisotopic (exact) mass is 734 g/mol. The number of fused-ring (bicyclic) bond motifs is 3. The van der Waals surface area contributed by atoms with E-state index in [0.717, 1.165) is 22.3 Å². The van der Waals surface area contributed by atoms with E-state index in [9.17, 15) is 14.7 Å². The number of phenolic OH excluding ortho intramolecular Hbond substituents is 1. The fourth-order valence-corrected chi connectivity index (χ4v) is 7.80. The van der Waals surface area contributed by atoms with E-state index in [1.807, 2.05) is 111 Å². The molecule has 8 heteroatoms. The number of phenols is 1. The minimum Gasteiger partial charge on any atom is -0.506 e. The lowest BCUT2D eigenvalue weighted by atomic mass is 9.79. The standard InChI is InChI=1S/C47H42O8/c1-28-21-36-35(38(22-28)52-25-30-13-7-4-8-14-30)23-37-41(44(36)49)43(48)34-20-19-33(47(51-3)42(34)45(37)50)39-24-40(53-26-31-15-9-5-10-16-31)46(29(2)55-39)54-27-32-17-11-6-12-18-32/h4-23,29,39-40,46,49H,24-27H2,1-3H3/t29-,39-,40-,46-/m1/s1. The summed E-state index contributed by atoms with van der Waals surface area (Å²) in [6, 6.07) is 38.4. The molecule has 1 aliphatic heterocycles. The molecule has 55 heavy (non-hydrogen) atoms. The van der Waals surface area contributed by atoms with Crippen molar-refractivity contribution in [2.24, 2.45) is 0 Å². The zero-order valence-electron chi connectivity index (χ0n) is 31.0. The highest BCUT2D eigenvalue weighted by atomic mass is 16.6. The molecule has 0 radical (unpaired) electrons. The summed E-state index contributed by atoms with van der Waals surface area (Å²) >= 11 is 0. The topological polar surface area (TPSA) is 101 Å². The van der Waals surface area contributed by atoms with Crippen molar-refractivity contribution in [3.05, 3.63) is 171 Å². The summed E-state index contributed by atoms with van der Waals surface area (Å²) in [6.45, 7) is 4.93. The third-order valence-electron chi connectivity index (χ3n) is 10.5. The molecule has 0 saturated carbocycles. The van der Waals surface area contributed by atoms with Gasteiger partial charge >= 0.3 is 0 Å². The van der Waals surface area contributed by atoms with Crippen LogP contribution < -0.4 is 9.47 Å². The summed E-state index contributed by atoms with van der Waals surface area (Å²) < 4.78 is 32.0. The van der Waals surface area contributed by atoms with Crippen molar-refractivity contribution in [1.29, 1.82) is 0 Å². The second-order valence-electron chi connectivity index (χ2n) is 14.2. The van der Waals surface area contributed by atoms with Crippen LogP contribution in [0, 0.1) is 6.92 Å². The van der Waals surface area contributed by atoms with Gasteiger partial charge in [0.15, 0.2) is 11.6 Å². The molecule has 4 atom stereocenters. The van der Waals surface area contributed by atoms with E-state index < -0.39 is 17.7 Å². The number of methoxy groups -OCH3 is 1. The molecule has 8 nitrogen and oxygen atoms in total. The number of carbonyl (C=O) groups is 2. The van der Waals surface area contributed by atoms with Crippen molar-refractivity contribution in [2.75, 3.05) is 7.11 Å². The van der Waals surface area contributed by atoms with Gasteiger partial charge in [-0.3, -0.25) is 9.59 Å². The SMILES string of the molecule is COc1c([C@H]2C[C@@H](OCc3ccccc3)[C@H](OCc3ccccc3)[C@@H](C)O2)ccc2c1C(=O)c1cc3c(OCc4ccccc4)cc(C)cc3c(O)c1C2=O. The molecule has 0 bridgehead atoms. The van der Waals surface area contributed by atoms with Gasteiger partial charge in [0, 0.05) is 33.9 Å². The van der Waals surface area contributed by atoms with Crippen LogP contribution in [0.1, 0.15) is 79.1 Å². The van der Waals surface area contributed by atoms with Gasteiger partial charge in [-0.1, -0.05) is 97.1 Å². The van der Waals surface area contributed by atoms with Gasteiger partial charge in [-0.15, -0.1) is 0 Å². The Morgan fingerprint density at radius 3 is 1.93 bits per heavy atom. The number of aryl methyl sites for hydroxylation is 1. The van der Waals surface area contributed by atoms with Gasteiger partial charge in [0.25, 0.3) is 0 Å². The van der Waals surface area contributed by atoms with Crippen molar-refractivity contribution >= 4 is 22.3 Å². The first kappa shape index (κ1) is 36.2. The molecular weight excluding hydrogens is 693 g/mol. The summed E-state index contributed by atoms with van der Waals surface area (Å²) in [5.74, 6) is -0.386. The molecule has 0 spiro atoms. The van der Waals surface area contributed by atoms with E-state index >= 15 is 0 Å². The first-order valence-corrected chi connectivity index (χ1v) is 18.5. The second kappa shape index (κ2) is 15.5.